The van der Waals surface area contributed by atoms with Gasteiger partial charge in [-0.05, 0) is 36.8 Å². The Labute approximate surface area is 144 Å². The molecular weight excluding hydrogens is 322 g/mol. The molecule has 6 nitrogen and oxygen atoms in total. The Balaban J connectivity index is 1.56. The van der Waals surface area contributed by atoms with E-state index in [1.165, 1.54) is 18.1 Å². The summed E-state index contributed by atoms with van der Waals surface area (Å²) >= 11 is 1.44. The molecule has 7 heteroatoms. The molecule has 0 saturated heterocycles. The van der Waals surface area contributed by atoms with Crippen LogP contribution in [0.15, 0.2) is 66.3 Å². The van der Waals surface area contributed by atoms with Gasteiger partial charge in [-0.3, -0.25) is 4.79 Å². The largest absolute Gasteiger partial charge is 0.325 e. The number of thioether (sulfide) groups is 1. The van der Waals surface area contributed by atoms with Crippen molar-refractivity contribution in [2.24, 2.45) is 0 Å². The molecular formula is C17H17N5OS. The number of carbonyl (C=O) groups is 1. The molecule has 1 N–H and O–H groups in total. The number of nitrogens with zero attached hydrogens (tertiary/aromatic N) is 4. The Hall–Kier alpha value is -2.67. The maximum Gasteiger partial charge on any atom is 0.237 e. The zero-order valence-corrected chi connectivity index (χ0v) is 14.0. The number of amides is 1. The highest BCUT2D eigenvalue weighted by molar-refractivity contribution is 8.00. The van der Waals surface area contributed by atoms with Gasteiger partial charge in [0.1, 0.15) is 12.7 Å². The lowest BCUT2D eigenvalue weighted by atomic mass is 10.2. The van der Waals surface area contributed by atoms with Gasteiger partial charge in [-0.15, -0.1) is 0 Å². The van der Waals surface area contributed by atoms with E-state index in [2.05, 4.69) is 20.4 Å². The van der Waals surface area contributed by atoms with Crippen molar-refractivity contribution in [3.05, 3.63) is 66.9 Å². The lowest BCUT2D eigenvalue weighted by molar-refractivity contribution is -0.115. The van der Waals surface area contributed by atoms with Crippen molar-refractivity contribution >= 4 is 23.4 Å². The van der Waals surface area contributed by atoms with E-state index in [0.29, 0.717) is 6.54 Å². The third-order valence-corrected chi connectivity index (χ3v) is 4.39. The number of nitrogens with one attached hydrogen (secondary N) is 1. The van der Waals surface area contributed by atoms with Crippen LogP contribution < -0.4 is 5.32 Å². The summed E-state index contributed by atoms with van der Waals surface area (Å²) in [7, 11) is 0. The van der Waals surface area contributed by atoms with Gasteiger partial charge >= 0.3 is 0 Å². The minimum atomic E-state index is -0.227. The number of pyridine rings is 1. The first-order chi connectivity index (χ1) is 11.7. The second-order valence-corrected chi connectivity index (χ2v) is 6.57. The smallest absolute Gasteiger partial charge is 0.237 e. The van der Waals surface area contributed by atoms with Gasteiger partial charge in [0.05, 0.1) is 16.8 Å². The van der Waals surface area contributed by atoms with E-state index in [4.69, 9.17) is 0 Å². The maximum absolute atomic E-state index is 12.3. The van der Waals surface area contributed by atoms with Crippen molar-refractivity contribution < 1.29 is 4.79 Å². The van der Waals surface area contributed by atoms with Gasteiger partial charge in [-0.2, -0.15) is 5.10 Å². The van der Waals surface area contributed by atoms with Gasteiger partial charge < -0.3 is 5.32 Å². The number of aromatic nitrogens is 4. The summed E-state index contributed by atoms with van der Waals surface area (Å²) in [5, 5.41) is 7.61. The van der Waals surface area contributed by atoms with Gasteiger partial charge in [0.25, 0.3) is 0 Å². The Morgan fingerprint density at radius 1 is 1.25 bits per heavy atom. The highest BCUT2D eigenvalue weighted by Crippen LogP contribution is 2.21. The molecule has 1 atom stereocenters. The first-order valence-corrected chi connectivity index (χ1v) is 8.38. The third-order valence-electron chi connectivity index (χ3n) is 3.34. The average molecular weight is 339 g/mol. The molecule has 1 aromatic carbocycles. The molecule has 122 valence electrons. The van der Waals surface area contributed by atoms with Crippen LogP contribution in [0.4, 0.5) is 5.69 Å². The lowest BCUT2D eigenvalue weighted by Gasteiger charge is -2.12. The van der Waals surface area contributed by atoms with Crippen molar-refractivity contribution in [2.45, 2.75) is 23.7 Å². The van der Waals surface area contributed by atoms with E-state index in [0.717, 1.165) is 16.3 Å². The van der Waals surface area contributed by atoms with Crippen molar-refractivity contribution in [3.8, 4) is 0 Å². The summed E-state index contributed by atoms with van der Waals surface area (Å²) in [6, 6.07) is 13.4. The van der Waals surface area contributed by atoms with Crippen LogP contribution in [0.5, 0.6) is 0 Å². The van der Waals surface area contributed by atoms with Gasteiger partial charge in [0, 0.05) is 11.9 Å². The highest BCUT2D eigenvalue weighted by Gasteiger charge is 2.15. The summed E-state index contributed by atoms with van der Waals surface area (Å²) in [6.45, 7) is 2.52. The fraction of sp³-hybridized carbons (Fsp3) is 0.176. The third kappa shape index (κ3) is 4.42. The molecule has 2 aromatic heterocycles. The molecule has 3 aromatic rings. The average Bonchev–Trinajstić information content (AvgIpc) is 3.10. The molecule has 0 unspecified atom stereocenters. The van der Waals surface area contributed by atoms with Crippen molar-refractivity contribution in [1.82, 2.24) is 19.7 Å². The van der Waals surface area contributed by atoms with Crippen molar-refractivity contribution in [1.29, 1.82) is 0 Å². The number of benzene rings is 1. The van der Waals surface area contributed by atoms with Crippen LogP contribution in [-0.2, 0) is 11.3 Å². The van der Waals surface area contributed by atoms with Crippen LogP contribution in [0, 0.1) is 0 Å². The first kappa shape index (κ1) is 16.2. The fourth-order valence-corrected chi connectivity index (χ4v) is 2.90. The quantitative estimate of drug-likeness (QED) is 0.699. The molecule has 24 heavy (non-hydrogen) atoms. The molecule has 3 rings (SSSR count). The van der Waals surface area contributed by atoms with Crippen LogP contribution in [0.2, 0.25) is 0 Å². The molecule has 2 heterocycles. The Morgan fingerprint density at radius 3 is 2.75 bits per heavy atom. The molecule has 0 radical (unpaired) electrons. The fourth-order valence-electron chi connectivity index (χ4n) is 2.09. The standard InChI is InChI=1S/C17H17N5OS/c1-13(24-16-4-2-3-9-19-16)17(23)21-15-7-5-14(6-8-15)10-22-12-18-11-20-22/h2-9,11-13H,10H2,1H3,(H,21,23)/t13-/m0/s1. The second kappa shape index (κ2) is 7.74. The summed E-state index contributed by atoms with van der Waals surface area (Å²) in [4.78, 5) is 20.4. The monoisotopic (exact) mass is 339 g/mol. The molecule has 0 aliphatic heterocycles. The van der Waals surface area contributed by atoms with E-state index < -0.39 is 0 Å². The molecule has 0 saturated carbocycles. The van der Waals surface area contributed by atoms with E-state index >= 15 is 0 Å². The zero-order chi connectivity index (χ0) is 16.8. The normalized spacial score (nSPS) is 11.9. The van der Waals surface area contributed by atoms with Crippen molar-refractivity contribution in [2.75, 3.05) is 5.32 Å². The summed E-state index contributed by atoms with van der Waals surface area (Å²) in [5.41, 5.74) is 1.87. The van der Waals surface area contributed by atoms with Gasteiger partial charge in [-0.1, -0.05) is 30.0 Å². The van der Waals surface area contributed by atoms with Crippen LogP contribution >= 0.6 is 11.8 Å². The number of rotatable bonds is 6. The second-order valence-electron chi connectivity index (χ2n) is 5.21. The van der Waals surface area contributed by atoms with E-state index in [1.807, 2.05) is 49.4 Å². The van der Waals surface area contributed by atoms with Gasteiger partial charge in [0.2, 0.25) is 5.91 Å². The summed E-state index contributed by atoms with van der Waals surface area (Å²) in [5.74, 6) is -0.0466. The molecule has 0 spiro atoms. The molecule has 0 aliphatic carbocycles. The maximum atomic E-state index is 12.3. The predicted octanol–water partition coefficient (Wildman–Crippen LogP) is 2.84. The van der Waals surface area contributed by atoms with Crippen LogP contribution in [-0.4, -0.2) is 30.9 Å². The summed E-state index contributed by atoms with van der Waals surface area (Å²) < 4.78 is 1.75. The summed E-state index contributed by atoms with van der Waals surface area (Å²) in [6.07, 6.45) is 4.91. The number of hydrogen-bond acceptors (Lipinski definition) is 5. The number of carbonyl (C=O) groups excluding carboxylic acids is 1. The van der Waals surface area contributed by atoms with E-state index in [1.54, 1.807) is 17.2 Å². The topological polar surface area (TPSA) is 72.7 Å². The Bertz CT molecular complexity index is 775. The van der Waals surface area contributed by atoms with Crippen LogP contribution in [0.3, 0.4) is 0 Å². The highest BCUT2D eigenvalue weighted by atomic mass is 32.2. The van der Waals surface area contributed by atoms with Crippen LogP contribution in [0.25, 0.3) is 0 Å². The van der Waals surface area contributed by atoms with E-state index in [9.17, 15) is 4.79 Å². The Kier molecular flexibility index (Phi) is 5.22. The SMILES string of the molecule is C[C@H](Sc1ccccn1)C(=O)Nc1ccc(Cn2cncn2)cc1. The first-order valence-electron chi connectivity index (χ1n) is 7.50. The number of anilines is 1. The van der Waals surface area contributed by atoms with Gasteiger partial charge in [-0.25, -0.2) is 14.6 Å². The van der Waals surface area contributed by atoms with Crippen molar-refractivity contribution in [3.63, 3.8) is 0 Å². The lowest BCUT2D eigenvalue weighted by Crippen LogP contribution is -2.22. The molecule has 0 bridgehead atoms. The molecule has 0 aliphatic rings. The minimum Gasteiger partial charge on any atom is -0.325 e. The molecule has 0 fully saturated rings. The number of hydrogen-bond donors (Lipinski definition) is 1. The van der Waals surface area contributed by atoms with Gasteiger partial charge in [0.15, 0.2) is 0 Å². The van der Waals surface area contributed by atoms with E-state index in [-0.39, 0.29) is 11.2 Å². The van der Waals surface area contributed by atoms with Crippen LogP contribution in [0.1, 0.15) is 12.5 Å². The Morgan fingerprint density at radius 2 is 2.08 bits per heavy atom. The predicted molar refractivity (Wildman–Crippen MR) is 93.8 cm³/mol. The zero-order valence-electron chi connectivity index (χ0n) is 13.2. The molecule has 1 amide bonds. The minimum absolute atomic E-state index is 0.0466.